The molecule has 0 saturated carbocycles. The van der Waals surface area contributed by atoms with Gasteiger partial charge >= 0.3 is 0 Å². The molecule has 0 atom stereocenters. The van der Waals surface area contributed by atoms with Gasteiger partial charge in [-0.15, -0.1) is 0 Å². The van der Waals surface area contributed by atoms with Gasteiger partial charge in [-0.05, 0) is 366 Å². The summed E-state index contributed by atoms with van der Waals surface area (Å²) in [5.74, 6) is 0. The fourth-order valence-electron chi connectivity index (χ4n) is 19.8. The summed E-state index contributed by atoms with van der Waals surface area (Å²) in [6.07, 6.45) is 33.0. The van der Waals surface area contributed by atoms with E-state index in [0.29, 0.717) is 0 Å². The molecule has 0 spiro atoms. The van der Waals surface area contributed by atoms with E-state index in [9.17, 15) is 0 Å². The molecule has 0 fully saturated rings. The number of allylic oxidation sites excluding steroid dienone is 5. The Bertz CT molecular complexity index is 7710. The molecular weight excluding hydrogens is 1390 g/mol. The van der Waals surface area contributed by atoms with Crippen molar-refractivity contribution in [2.75, 3.05) is 0 Å². The molecule has 0 bridgehead atoms. The molecular formula is C116H92. The van der Waals surface area contributed by atoms with Crippen LogP contribution in [0.15, 0.2) is 309 Å². The summed E-state index contributed by atoms with van der Waals surface area (Å²) in [6, 6.07) is 105. The van der Waals surface area contributed by atoms with E-state index in [1.54, 1.807) is 0 Å². The zero-order valence-electron chi connectivity index (χ0n) is 67.0. The molecule has 0 N–H and O–H groups in total. The highest BCUT2D eigenvalue weighted by Crippen LogP contribution is 2.43. The molecule has 0 saturated heterocycles. The molecule has 0 amide bonds. The molecule has 5 aliphatic rings. The van der Waals surface area contributed by atoms with Crippen LogP contribution in [-0.2, 0) is 51.4 Å². The van der Waals surface area contributed by atoms with E-state index in [2.05, 4.69) is 368 Å². The Morgan fingerprint density at radius 1 is 0.224 bits per heavy atom. The van der Waals surface area contributed by atoms with Gasteiger partial charge in [0.2, 0.25) is 0 Å². The van der Waals surface area contributed by atoms with Crippen molar-refractivity contribution in [1.82, 2.24) is 0 Å². The summed E-state index contributed by atoms with van der Waals surface area (Å²) in [5, 5.41) is 40.6. The maximum Gasteiger partial charge on any atom is -0.00604 e. The second-order valence-electron chi connectivity index (χ2n) is 33.4. The molecule has 0 heterocycles. The number of rotatable bonds is 6. The normalized spacial score (nSPS) is 13.3. The lowest BCUT2D eigenvalue weighted by atomic mass is 9.93. The van der Waals surface area contributed by atoms with E-state index in [1.807, 2.05) is 0 Å². The topological polar surface area (TPSA) is 0 Å². The van der Waals surface area contributed by atoms with Crippen LogP contribution in [0.3, 0.4) is 0 Å². The summed E-state index contributed by atoms with van der Waals surface area (Å²) >= 11 is 0. The molecule has 0 radical (unpaired) electrons. The van der Waals surface area contributed by atoms with E-state index >= 15 is 0 Å². The summed E-state index contributed by atoms with van der Waals surface area (Å²) in [4.78, 5) is 0. The van der Waals surface area contributed by atoms with Crippen molar-refractivity contribution < 1.29 is 0 Å². The molecule has 0 unspecified atom stereocenters. The molecule has 556 valence electrons. The minimum absolute atomic E-state index is 1.07. The van der Waals surface area contributed by atoms with Crippen LogP contribution < -0.4 is 0 Å². The Balaban J connectivity index is 0.0000000907. The molecule has 0 aromatic heterocycles. The van der Waals surface area contributed by atoms with E-state index < -0.39 is 0 Å². The van der Waals surface area contributed by atoms with Gasteiger partial charge in [0.1, 0.15) is 0 Å². The average molecular weight is 1490 g/mol. The molecule has 0 aliphatic heterocycles. The Morgan fingerprint density at radius 3 is 0.922 bits per heavy atom. The van der Waals surface area contributed by atoms with Gasteiger partial charge in [0.05, 0.1) is 0 Å². The van der Waals surface area contributed by atoms with Crippen molar-refractivity contribution >= 4 is 192 Å². The standard InChI is InChI=1S/C25H22.C24H20.C23H18.2C22H16/c1-2-3-5-17-8-9-19-16-25-20(15-21(19)14-17)11-13-23-22-7-4-6-18(22)10-12-24(23)25;1-2-4-16-7-8-18-15-24-19(14-20(18)13-16)10-12-22-21-6-3-5-17(21)9-11-23(22)24;1-2-15-6-7-17-14-23-18(13-19(17)12-15)9-11-21-20-5-3-4-16(20)8-10-22(21)23;1-14-5-6-16-13-22-17(12-18(16)11-14)8-10-20-19-4-2-3-15(19)7-9-21(20)22;1-14-10-17-6-8-20-19(21(17)11-14)9-7-18-12-15-4-2-3-5-16(15)13-22(18)20/h4,7-16H,2-3,5-6H2,1H3;3,6-15H,2,4-5H2,1H3;3,5-14H,2,4H2,1H3;2,4-13H,3H2,1H3;2-9,11-13H,10H2,1H3. The number of fused-ring (bicyclic) bond motifs is 30. The lowest BCUT2D eigenvalue weighted by Crippen LogP contribution is -1.87. The summed E-state index contributed by atoms with van der Waals surface area (Å²) < 4.78 is 0. The second kappa shape index (κ2) is 29.4. The smallest absolute Gasteiger partial charge is 0.00604 e. The minimum atomic E-state index is 1.07. The number of aryl methyl sites for hydroxylation is 4. The van der Waals surface area contributed by atoms with Crippen LogP contribution >= 0.6 is 0 Å². The fourth-order valence-corrected chi connectivity index (χ4v) is 19.8. The quantitative estimate of drug-likeness (QED) is 0.115. The molecule has 0 heteroatoms. The van der Waals surface area contributed by atoms with Crippen LogP contribution in [0.25, 0.3) is 192 Å². The van der Waals surface area contributed by atoms with Crippen LogP contribution in [-0.4, -0.2) is 0 Å². The first-order valence-corrected chi connectivity index (χ1v) is 42.4. The Kier molecular flexibility index (Phi) is 18.0. The van der Waals surface area contributed by atoms with Gasteiger partial charge in [0.25, 0.3) is 0 Å². The van der Waals surface area contributed by atoms with Crippen molar-refractivity contribution in [3.8, 4) is 0 Å². The fraction of sp³-hybridized carbons (Fsp3) is 0.138. The second-order valence-corrected chi connectivity index (χ2v) is 33.4. The first-order valence-electron chi connectivity index (χ1n) is 42.4. The number of hydrogen-bond acceptors (Lipinski definition) is 0. The van der Waals surface area contributed by atoms with E-state index in [1.165, 1.54) is 271 Å². The molecule has 0 nitrogen and oxygen atoms in total. The van der Waals surface area contributed by atoms with Gasteiger partial charge in [0, 0.05) is 0 Å². The summed E-state index contributed by atoms with van der Waals surface area (Å²) in [6.45, 7) is 11.1. The van der Waals surface area contributed by atoms with Crippen LogP contribution in [0, 0.1) is 6.92 Å². The van der Waals surface area contributed by atoms with Crippen LogP contribution in [0.1, 0.15) is 125 Å². The molecule has 25 rings (SSSR count). The van der Waals surface area contributed by atoms with Crippen LogP contribution in [0.2, 0.25) is 0 Å². The SMILES string of the molecule is CC1=Cc2c(ccc3c2ccc2cc4ccccc4cc23)C1.CCCCc1ccc2cc3c(ccc4c5c(ccc43)CC=C5)cc2c1.CCCc1ccc2cc3c(ccc4c5c(ccc43)CC=C5)cc2c1.CCc1ccc2cc3c(ccc4c5c(ccc43)CC=C5)cc2c1.Cc1ccc2cc3c(ccc4c5c(ccc43)CC=C5)cc2c1. The van der Waals surface area contributed by atoms with Crippen molar-refractivity contribution in [3.63, 3.8) is 0 Å². The van der Waals surface area contributed by atoms with Crippen molar-refractivity contribution in [1.29, 1.82) is 0 Å². The Morgan fingerprint density at radius 2 is 0.534 bits per heavy atom. The lowest BCUT2D eigenvalue weighted by Gasteiger charge is -2.10. The summed E-state index contributed by atoms with van der Waals surface area (Å²) in [7, 11) is 0. The third kappa shape index (κ3) is 12.8. The number of benzene rings is 20. The minimum Gasteiger partial charge on any atom is -0.0795 e. The van der Waals surface area contributed by atoms with Crippen molar-refractivity contribution in [2.45, 2.75) is 105 Å². The monoisotopic (exact) mass is 1480 g/mol. The maximum atomic E-state index is 2.38. The van der Waals surface area contributed by atoms with Gasteiger partial charge in [-0.25, -0.2) is 0 Å². The predicted octanol–water partition coefficient (Wildman–Crippen LogP) is 32.1. The number of hydrogen-bond donors (Lipinski definition) is 0. The maximum absolute atomic E-state index is 2.38. The average Bonchev–Trinajstić information content (AvgIpc) is 1.09. The molecule has 5 aliphatic carbocycles. The lowest BCUT2D eigenvalue weighted by molar-refractivity contribution is 0.796. The van der Waals surface area contributed by atoms with Crippen LogP contribution in [0.4, 0.5) is 0 Å². The molecule has 20 aromatic rings. The van der Waals surface area contributed by atoms with Gasteiger partial charge in [-0.3, -0.25) is 0 Å². The molecule has 116 heavy (non-hydrogen) atoms. The van der Waals surface area contributed by atoms with E-state index in [-0.39, 0.29) is 0 Å². The Labute approximate surface area is 679 Å². The molecule has 20 aromatic carbocycles. The first-order chi connectivity index (χ1) is 57.1. The zero-order valence-corrected chi connectivity index (χ0v) is 67.0. The van der Waals surface area contributed by atoms with Gasteiger partial charge in [-0.2, -0.15) is 0 Å². The van der Waals surface area contributed by atoms with E-state index in [0.717, 1.165) is 44.9 Å². The zero-order chi connectivity index (χ0) is 77.6. The van der Waals surface area contributed by atoms with Crippen molar-refractivity contribution in [2.24, 2.45) is 0 Å². The highest BCUT2D eigenvalue weighted by molar-refractivity contribution is 6.20. The highest BCUT2D eigenvalue weighted by atomic mass is 14.2. The predicted molar refractivity (Wildman–Crippen MR) is 510 cm³/mol. The Hall–Kier alpha value is -13.0. The van der Waals surface area contributed by atoms with E-state index in [4.69, 9.17) is 0 Å². The third-order valence-electron chi connectivity index (χ3n) is 25.9. The highest BCUT2D eigenvalue weighted by Gasteiger charge is 2.19. The van der Waals surface area contributed by atoms with Gasteiger partial charge in [0.15, 0.2) is 0 Å². The van der Waals surface area contributed by atoms with Crippen LogP contribution in [0.5, 0.6) is 0 Å². The largest absolute Gasteiger partial charge is 0.0795 e. The third-order valence-corrected chi connectivity index (χ3v) is 25.9. The van der Waals surface area contributed by atoms with Gasteiger partial charge < -0.3 is 0 Å². The first kappa shape index (κ1) is 70.8. The summed E-state index contributed by atoms with van der Waals surface area (Å²) in [5.41, 5.74) is 21.4. The number of unbranched alkanes of at least 4 members (excludes halogenated alkanes) is 1. The van der Waals surface area contributed by atoms with Gasteiger partial charge in [-0.1, -0.05) is 318 Å². The van der Waals surface area contributed by atoms with Crippen molar-refractivity contribution in [3.05, 3.63) is 387 Å².